The van der Waals surface area contributed by atoms with E-state index < -0.39 is 0 Å². The molecule has 0 bridgehead atoms. The van der Waals surface area contributed by atoms with Crippen molar-refractivity contribution in [1.29, 1.82) is 0 Å². The number of rotatable bonds is 4. The first kappa shape index (κ1) is 14.8. The topological polar surface area (TPSA) is 32.3 Å². The molecule has 0 aromatic rings. The maximum atomic E-state index is 12.6. The van der Waals surface area contributed by atoms with Crippen LogP contribution in [0.4, 0.5) is 0 Å². The van der Waals surface area contributed by atoms with Gasteiger partial charge in [0.2, 0.25) is 5.91 Å². The van der Waals surface area contributed by atoms with E-state index in [1.807, 2.05) is 0 Å². The summed E-state index contributed by atoms with van der Waals surface area (Å²) < 4.78 is 0. The predicted octanol–water partition coefficient (Wildman–Crippen LogP) is 2.66. The van der Waals surface area contributed by atoms with E-state index in [9.17, 15) is 4.79 Å². The van der Waals surface area contributed by atoms with E-state index in [0.29, 0.717) is 29.7 Å². The summed E-state index contributed by atoms with van der Waals surface area (Å²) in [7, 11) is 0. The first-order valence-corrected chi connectivity index (χ1v) is 8.10. The fourth-order valence-corrected chi connectivity index (χ4v) is 3.58. The molecule has 1 heterocycles. The Kier molecular flexibility index (Phi) is 5.26. The van der Waals surface area contributed by atoms with Gasteiger partial charge in [-0.2, -0.15) is 0 Å². The highest BCUT2D eigenvalue weighted by Crippen LogP contribution is 2.33. The van der Waals surface area contributed by atoms with Crippen LogP contribution < -0.4 is 5.32 Å². The van der Waals surface area contributed by atoms with E-state index in [4.69, 9.17) is 0 Å². The van der Waals surface area contributed by atoms with E-state index in [-0.39, 0.29) is 0 Å². The monoisotopic (exact) mass is 266 g/mol. The molecular formula is C16H30N2O. The number of carbonyl (C=O) groups is 1. The van der Waals surface area contributed by atoms with Crippen LogP contribution in [0.3, 0.4) is 0 Å². The van der Waals surface area contributed by atoms with Crippen molar-refractivity contribution >= 4 is 5.91 Å². The average Bonchev–Trinajstić information content (AvgIpc) is 2.82. The van der Waals surface area contributed by atoms with Crippen molar-refractivity contribution in [3.63, 3.8) is 0 Å². The van der Waals surface area contributed by atoms with Gasteiger partial charge in [-0.1, -0.05) is 27.2 Å². The summed E-state index contributed by atoms with van der Waals surface area (Å²) in [5.74, 6) is 2.01. The van der Waals surface area contributed by atoms with E-state index in [0.717, 1.165) is 26.1 Å². The summed E-state index contributed by atoms with van der Waals surface area (Å²) >= 11 is 0. The van der Waals surface area contributed by atoms with Crippen LogP contribution in [0.5, 0.6) is 0 Å². The molecule has 3 unspecified atom stereocenters. The molecule has 110 valence electrons. The molecule has 3 atom stereocenters. The Morgan fingerprint density at radius 3 is 2.68 bits per heavy atom. The summed E-state index contributed by atoms with van der Waals surface area (Å²) in [5.41, 5.74) is 0. The van der Waals surface area contributed by atoms with Crippen LogP contribution in [-0.2, 0) is 4.79 Å². The first-order valence-electron chi connectivity index (χ1n) is 8.10. The summed E-state index contributed by atoms with van der Waals surface area (Å²) in [5, 5.41) is 3.52. The van der Waals surface area contributed by atoms with Gasteiger partial charge in [0.15, 0.2) is 0 Å². The van der Waals surface area contributed by atoms with Crippen molar-refractivity contribution in [2.24, 2.45) is 17.8 Å². The van der Waals surface area contributed by atoms with Crippen molar-refractivity contribution in [2.75, 3.05) is 19.6 Å². The molecular weight excluding hydrogens is 236 g/mol. The van der Waals surface area contributed by atoms with Gasteiger partial charge >= 0.3 is 0 Å². The molecule has 0 radical (unpaired) electrons. The maximum absolute atomic E-state index is 12.6. The molecule has 1 saturated heterocycles. The van der Waals surface area contributed by atoms with Gasteiger partial charge in [-0.3, -0.25) is 4.79 Å². The minimum Gasteiger partial charge on any atom is -0.342 e. The number of hydrogen-bond donors (Lipinski definition) is 1. The summed E-state index contributed by atoms with van der Waals surface area (Å²) in [6, 6.07) is 0.543. The molecule has 0 aromatic heterocycles. The highest BCUT2D eigenvalue weighted by molar-refractivity contribution is 5.79. The third kappa shape index (κ3) is 3.95. The summed E-state index contributed by atoms with van der Waals surface area (Å²) in [6.45, 7) is 9.64. The summed E-state index contributed by atoms with van der Waals surface area (Å²) in [4.78, 5) is 14.8. The number of hydrogen-bond acceptors (Lipinski definition) is 2. The van der Waals surface area contributed by atoms with Crippen LogP contribution in [0, 0.1) is 17.8 Å². The van der Waals surface area contributed by atoms with Crippen molar-refractivity contribution < 1.29 is 4.79 Å². The highest BCUT2D eigenvalue weighted by atomic mass is 16.2. The Labute approximate surface area is 118 Å². The fourth-order valence-electron chi connectivity index (χ4n) is 3.58. The molecule has 1 N–H and O–H groups in total. The van der Waals surface area contributed by atoms with Crippen LogP contribution in [0.25, 0.3) is 0 Å². The third-order valence-electron chi connectivity index (χ3n) is 4.82. The molecule has 1 aliphatic heterocycles. The molecule has 3 heteroatoms. The van der Waals surface area contributed by atoms with E-state index in [2.05, 4.69) is 31.0 Å². The molecule has 19 heavy (non-hydrogen) atoms. The quantitative estimate of drug-likeness (QED) is 0.848. The Hall–Kier alpha value is -0.570. The minimum absolute atomic E-state index is 0.316. The van der Waals surface area contributed by atoms with Crippen molar-refractivity contribution in [2.45, 2.75) is 58.9 Å². The van der Waals surface area contributed by atoms with Crippen molar-refractivity contribution in [3.8, 4) is 0 Å². The van der Waals surface area contributed by atoms with Crippen LogP contribution in [0.2, 0.25) is 0 Å². The second-order valence-electron chi connectivity index (χ2n) is 6.87. The van der Waals surface area contributed by atoms with Crippen molar-refractivity contribution in [3.05, 3.63) is 0 Å². The lowest BCUT2D eigenvalue weighted by Crippen LogP contribution is -2.46. The molecule has 3 nitrogen and oxygen atoms in total. The Balaban J connectivity index is 1.84. The first-order chi connectivity index (χ1) is 9.08. The largest absolute Gasteiger partial charge is 0.342 e. The van der Waals surface area contributed by atoms with E-state index >= 15 is 0 Å². The van der Waals surface area contributed by atoms with Gasteiger partial charge in [-0.25, -0.2) is 0 Å². The lowest BCUT2D eigenvalue weighted by molar-refractivity contribution is -0.138. The molecule has 0 aromatic carbocycles. The van der Waals surface area contributed by atoms with Gasteiger partial charge < -0.3 is 10.2 Å². The average molecular weight is 266 g/mol. The van der Waals surface area contributed by atoms with Gasteiger partial charge in [-0.15, -0.1) is 0 Å². The minimum atomic E-state index is 0.316. The Morgan fingerprint density at radius 2 is 2.05 bits per heavy atom. The van der Waals surface area contributed by atoms with Gasteiger partial charge in [0, 0.05) is 25.0 Å². The standard InChI is InChI=1S/C16H30N2O/c1-12(2)17-10-14-7-5-9-18(11-14)16(19)15-8-4-6-13(15)3/h12-15,17H,4-11H2,1-3H3. The second-order valence-corrected chi connectivity index (χ2v) is 6.87. The molecule has 2 aliphatic rings. The normalized spacial score (nSPS) is 32.0. The van der Waals surface area contributed by atoms with Crippen LogP contribution in [-0.4, -0.2) is 36.5 Å². The fraction of sp³-hybridized carbons (Fsp3) is 0.938. The van der Waals surface area contributed by atoms with Crippen LogP contribution in [0.1, 0.15) is 52.9 Å². The smallest absolute Gasteiger partial charge is 0.225 e. The number of amides is 1. The zero-order valence-corrected chi connectivity index (χ0v) is 12.8. The predicted molar refractivity (Wildman–Crippen MR) is 78.9 cm³/mol. The number of nitrogens with one attached hydrogen (secondary N) is 1. The van der Waals surface area contributed by atoms with E-state index in [1.165, 1.54) is 25.7 Å². The molecule has 1 aliphatic carbocycles. The highest BCUT2D eigenvalue weighted by Gasteiger charge is 2.34. The zero-order valence-electron chi connectivity index (χ0n) is 12.8. The lowest BCUT2D eigenvalue weighted by Gasteiger charge is -2.35. The zero-order chi connectivity index (χ0) is 13.8. The Bertz CT molecular complexity index is 303. The SMILES string of the molecule is CC(C)NCC1CCCN(C(=O)C2CCCC2C)C1. The number of piperidine rings is 1. The van der Waals surface area contributed by atoms with Crippen LogP contribution in [0.15, 0.2) is 0 Å². The molecule has 1 saturated carbocycles. The van der Waals surface area contributed by atoms with Gasteiger partial charge in [0.05, 0.1) is 0 Å². The molecule has 1 amide bonds. The third-order valence-corrected chi connectivity index (χ3v) is 4.82. The van der Waals surface area contributed by atoms with Gasteiger partial charge in [-0.05, 0) is 44.1 Å². The van der Waals surface area contributed by atoms with Crippen LogP contribution >= 0.6 is 0 Å². The van der Waals surface area contributed by atoms with Gasteiger partial charge in [0.25, 0.3) is 0 Å². The molecule has 2 rings (SSSR count). The lowest BCUT2D eigenvalue weighted by atomic mass is 9.93. The van der Waals surface area contributed by atoms with Gasteiger partial charge in [0.1, 0.15) is 0 Å². The second kappa shape index (κ2) is 6.74. The number of carbonyl (C=O) groups excluding carboxylic acids is 1. The van der Waals surface area contributed by atoms with Crippen molar-refractivity contribution in [1.82, 2.24) is 10.2 Å². The Morgan fingerprint density at radius 1 is 1.26 bits per heavy atom. The summed E-state index contributed by atoms with van der Waals surface area (Å²) in [6.07, 6.45) is 6.04. The number of likely N-dealkylation sites (tertiary alicyclic amines) is 1. The van der Waals surface area contributed by atoms with E-state index in [1.54, 1.807) is 0 Å². The molecule has 0 spiro atoms. The number of nitrogens with zero attached hydrogens (tertiary/aromatic N) is 1. The molecule has 2 fully saturated rings. The maximum Gasteiger partial charge on any atom is 0.225 e.